The Kier molecular flexibility index (Phi) is 4.96. The van der Waals surface area contributed by atoms with Gasteiger partial charge in [0.05, 0.1) is 11.4 Å². The molecule has 0 saturated carbocycles. The van der Waals surface area contributed by atoms with Crippen LogP contribution in [0.2, 0.25) is 0 Å². The molecule has 0 atom stereocenters. The lowest BCUT2D eigenvalue weighted by Gasteiger charge is -2.15. The molecule has 0 unspecified atom stereocenters. The number of aromatic nitrogens is 3. The number of hydrogen-bond acceptors (Lipinski definition) is 3. The first kappa shape index (κ1) is 20.9. The van der Waals surface area contributed by atoms with Crippen LogP contribution < -0.4 is 5.56 Å². The Bertz CT molecular complexity index is 1690. The lowest BCUT2D eigenvalue weighted by Crippen LogP contribution is -2.17. The van der Waals surface area contributed by atoms with Gasteiger partial charge in [-0.3, -0.25) is 9.36 Å². The third-order valence-corrected chi connectivity index (χ3v) is 6.41. The highest BCUT2D eigenvalue weighted by molar-refractivity contribution is 5.97. The van der Waals surface area contributed by atoms with E-state index in [-0.39, 0.29) is 11.3 Å². The number of fused-ring (bicyclic) bond motifs is 2. The minimum atomic E-state index is -0.129. The molecule has 0 fully saturated rings. The summed E-state index contributed by atoms with van der Waals surface area (Å²) in [6.07, 6.45) is 2.26. The Morgan fingerprint density at radius 3 is 2.43 bits per heavy atom. The average molecular weight is 458 g/mol. The molecule has 0 amide bonds. The maximum absolute atomic E-state index is 13.5. The van der Waals surface area contributed by atoms with E-state index in [1.54, 1.807) is 22.9 Å². The van der Waals surface area contributed by atoms with Crippen LogP contribution in [0.3, 0.4) is 0 Å². The number of aromatic amines is 1. The molecule has 0 bridgehead atoms. The van der Waals surface area contributed by atoms with Gasteiger partial charge in [0.15, 0.2) is 5.82 Å². The maximum Gasteiger partial charge on any atom is 0.278 e. The van der Waals surface area contributed by atoms with Gasteiger partial charge in [-0.25, -0.2) is 4.98 Å². The molecule has 0 spiro atoms. The van der Waals surface area contributed by atoms with Crippen LogP contribution in [0, 0.1) is 6.92 Å². The molecule has 2 aliphatic heterocycles. The smallest absolute Gasteiger partial charge is 0.278 e. The van der Waals surface area contributed by atoms with Crippen molar-refractivity contribution in [3.63, 3.8) is 0 Å². The predicted octanol–water partition coefficient (Wildman–Crippen LogP) is 6.09. The lowest BCUT2D eigenvalue weighted by molar-refractivity contribution is 0.475. The molecule has 35 heavy (non-hydrogen) atoms. The lowest BCUT2D eigenvalue weighted by atomic mass is 10.0. The second kappa shape index (κ2) is 8.29. The van der Waals surface area contributed by atoms with E-state index in [0.717, 1.165) is 38.9 Å². The molecular formula is C30H23N3O2. The molecular weight excluding hydrogens is 434 g/mol. The minimum absolute atomic E-state index is 0.129. The number of H-pyrrole nitrogens is 1. The summed E-state index contributed by atoms with van der Waals surface area (Å²) in [5.74, 6) is 0.785. The van der Waals surface area contributed by atoms with Gasteiger partial charge in [-0.05, 0) is 53.1 Å². The number of aromatic hydroxyl groups is 1. The highest BCUT2D eigenvalue weighted by Crippen LogP contribution is 2.33. The Balaban J connectivity index is 1.60. The normalized spacial score (nSPS) is 11.3. The summed E-state index contributed by atoms with van der Waals surface area (Å²) >= 11 is 0. The Morgan fingerprint density at radius 1 is 0.886 bits per heavy atom. The predicted molar refractivity (Wildman–Crippen MR) is 139 cm³/mol. The SMILES string of the molecule is Cc1ccc(Cc2nc3c(-c4cccc5ccccc45)[nH]c(-c4ccc(O)cc4)cn-3c2=O)cc1. The van der Waals surface area contributed by atoms with Gasteiger partial charge in [-0.1, -0.05) is 72.3 Å². The van der Waals surface area contributed by atoms with Crippen LogP contribution >= 0.6 is 0 Å². The maximum atomic E-state index is 13.5. The van der Waals surface area contributed by atoms with Crippen molar-refractivity contribution in [1.82, 2.24) is 14.5 Å². The van der Waals surface area contributed by atoms with Gasteiger partial charge in [0.2, 0.25) is 0 Å². The third-order valence-electron chi connectivity index (χ3n) is 6.41. The molecule has 6 rings (SSSR count). The molecule has 4 aromatic carbocycles. The summed E-state index contributed by atoms with van der Waals surface area (Å²) in [6, 6.07) is 29.4. The van der Waals surface area contributed by atoms with Crippen LogP contribution in [-0.4, -0.2) is 19.6 Å². The van der Waals surface area contributed by atoms with Crippen molar-refractivity contribution in [2.24, 2.45) is 0 Å². The van der Waals surface area contributed by atoms with Crippen LogP contribution in [0.5, 0.6) is 5.75 Å². The van der Waals surface area contributed by atoms with Crippen molar-refractivity contribution in [2.45, 2.75) is 13.3 Å². The van der Waals surface area contributed by atoms with Crippen molar-refractivity contribution < 1.29 is 5.11 Å². The van der Waals surface area contributed by atoms with Gasteiger partial charge >= 0.3 is 0 Å². The standard InChI is InChI=1S/C30H23N3O2/c1-19-9-11-20(12-10-19)17-26-30(35)33-18-27(22-13-15-23(34)16-14-22)31-28(29(33)32-26)25-8-4-6-21-5-2-3-7-24(21)25/h2-16,18,31,34H,17H2,1H3. The summed E-state index contributed by atoms with van der Waals surface area (Å²) in [6.45, 7) is 2.05. The number of rotatable bonds is 4. The van der Waals surface area contributed by atoms with Crippen LogP contribution in [0.25, 0.3) is 39.1 Å². The highest BCUT2D eigenvalue weighted by atomic mass is 16.3. The first-order chi connectivity index (χ1) is 17.1. The third kappa shape index (κ3) is 3.77. The molecule has 2 aliphatic rings. The fourth-order valence-corrected chi connectivity index (χ4v) is 4.55. The highest BCUT2D eigenvalue weighted by Gasteiger charge is 2.22. The minimum Gasteiger partial charge on any atom is -0.508 e. The Labute approximate surface area is 202 Å². The van der Waals surface area contributed by atoms with E-state index in [2.05, 4.69) is 23.2 Å². The zero-order valence-corrected chi connectivity index (χ0v) is 19.2. The monoisotopic (exact) mass is 457 g/mol. The van der Waals surface area contributed by atoms with E-state index in [9.17, 15) is 9.90 Å². The van der Waals surface area contributed by atoms with Crippen molar-refractivity contribution in [1.29, 1.82) is 0 Å². The Morgan fingerprint density at radius 2 is 1.63 bits per heavy atom. The molecule has 5 heteroatoms. The topological polar surface area (TPSA) is 70.9 Å². The molecule has 2 N–H and O–H groups in total. The molecule has 4 aromatic rings. The number of benzene rings is 4. The van der Waals surface area contributed by atoms with Crippen LogP contribution in [0.15, 0.2) is 102 Å². The van der Waals surface area contributed by atoms with Gasteiger partial charge in [0, 0.05) is 18.2 Å². The van der Waals surface area contributed by atoms with E-state index in [4.69, 9.17) is 4.98 Å². The number of imidazole rings is 1. The second-order valence-corrected chi connectivity index (χ2v) is 8.84. The van der Waals surface area contributed by atoms with Gasteiger partial charge in [0.25, 0.3) is 5.56 Å². The van der Waals surface area contributed by atoms with E-state index < -0.39 is 0 Å². The Hall–Kier alpha value is -4.64. The molecule has 170 valence electrons. The van der Waals surface area contributed by atoms with E-state index in [1.807, 2.05) is 67.6 Å². The summed E-state index contributed by atoms with van der Waals surface area (Å²) < 4.78 is 1.64. The van der Waals surface area contributed by atoms with Gasteiger partial charge in [0.1, 0.15) is 11.4 Å². The number of nitrogens with one attached hydrogen (secondary N) is 1. The van der Waals surface area contributed by atoms with Gasteiger partial charge < -0.3 is 10.1 Å². The molecule has 0 aromatic heterocycles. The zero-order chi connectivity index (χ0) is 23.9. The van der Waals surface area contributed by atoms with Crippen molar-refractivity contribution in [3.05, 3.63) is 124 Å². The average Bonchev–Trinajstić information content (AvgIpc) is 3.20. The zero-order valence-electron chi connectivity index (χ0n) is 19.2. The number of hydrogen-bond donors (Lipinski definition) is 2. The molecule has 2 heterocycles. The summed E-state index contributed by atoms with van der Waals surface area (Å²) in [4.78, 5) is 21.9. The molecule has 5 nitrogen and oxygen atoms in total. The summed E-state index contributed by atoms with van der Waals surface area (Å²) in [7, 11) is 0. The fraction of sp³-hybridized carbons (Fsp3) is 0.0667. The van der Waals surface area contributed by atoms with Gasteiger partial charge in [-0.2, -0.15) is 0 Å². The second-order valence-electron chi connectivity index (χ2n) is 8.84. The van der Waals surface area contributed by atoms with Crippen LogP contribution in [0.4, 0.5) is 0 Å². The van der Waals surface area contributed by atoms with Crippen molar-refractivity contribution in [3.8, 4) is 34.1 Å². The van der Waals surface area contributed by atoms with Crippen molar-refractivity contribution >= 4 is 10.8 Å². The summed E-state index contributed by atoms with van der Waals surface area (Å²) in [5, 5.41) is 11.9. The largest absolute Gasteiger partial charge is 0.508 e. The quantitative estimate of drug-likeness (QED) is 0.336. The molecule has 0 radical (unpaired) electrons. The first-order valence-electron chi connectivity index (χ1n) is 11.5. The summed E-state index contributed by atoms with van der Waals surface area (Å²) in [5.41, 5.74) is 5.97. The number of phenolic OH excluding ortho intramolecular Hbond substituents is 1. The van der Waals surface area contributed by atoms with E-state index in [1.165, 1.54) is 5.56 Å². The number of phenols is 1. The molecule has 0 aliphatic carbocycles. The number of nitrogens with zero attached hydrogens (tertiary/aromatic N) is 2. The van der Waals surface area contributed by atoms with Crippen LogP contribution in [-0.2, 0) is 6.42 Å². The van der Waals surface area contributed by atoms with Gasteiger partial charge in [-0.15, -0.1) is 0 Å². The van der Waals surface area contributed by atoms with E-state index in [0.29, 0.717) is 17.9 Å². The fourth-order valence-electron chi connectivity index (χ4n) is 4.55. The van der Waals surface area contributed by atoms with Crippen LogP contribution in [0.1, 0.15) is 16.8 Å². The first-order valence-corrected chi connectivity index (χ1v) is 11.5. The van der Waals surface area contributed by atoms with E-state index >= 15 is 0 Å². The van der Waals surface area contributed by atoms with Crippen molar-refractivity contribution in [2.75, 3.05) is 0 Å². The molecule has 0 saturated heterocycles. The number of aryl methyl sites for hydroxylation is 1.